The van der Waals surface area contributed by atoms with Gasteiger partial charge in [0.15, 0.2) is 0 Å². The highest BCUT2D eigenvalue weighted by Gasteiger charge is 2.68. The molecule has 0 radical (unpaired) electrons. The number of aromatic hydroxyl groups is 1. The van der Waals surface area contributed by atoms with Crippen molar-refractivity contribution in [3.8, 4) is 16.3 Å². The second-order valence-corrected chi connectivity index (χ2v) is 18.7. The smallest absolute Gasteiger partial charge is 0.242 e. The van der Waals surface area contributed by atoms with E-state index < -0.39 is 40.9 Å². The number of anilines is 3. The number of carbonyl (C=O) groups is 4. The molecular weight excluding hydrogens is 810 g/mol. The molecule has 4 fully saturated rings. The molecular formula is C48H42ClN5O6S. The second-order valence-electron chi connectivity index (χ2n) is 17.2. The number of amides is 4. The van der Waals surface area contributed by atoms with Crippen LogP contribution in [0.4, 0.5) is 17.2 Å². The number of halogens is 1. The number of ether oxygens (including phenoxy) is 1. The number of benzene rings is 4. The molecule has 6 unspecified atom stereocenters. The van der Waals surface area contributed by atoms with Crippen molar-refractivity contribution < 1.29 is 29.0 Å². The third-order valence-electron chi connectivity index (χ3n) is 14.2. The lowest BCUT2D eigenvalue weighted by atomic mass is 9.51. The zero-order valence-corrected chi connectivity index (χ0v) is 35.4. The molecule has 13 heteroatoms. The number of phenolic OH excluding ortho intramolecular Hbond substituents is 1. The van der Waals surface area contributed by atoms with Crippen LogP contribution in [0.5, 0.6) is 5.75 Å². The molecule has 61 heavy (non-hydrogen) atoms. The number of hydrogen-bond donors (Lipinski definition) is 1. The number of allylic oxidation sites excluding steroid dienone is 2. The number of aromatic nitrogens is 2. The van der Waals surface area contributed by atoms with E-state index in [9.17, 15) is 14.7 Å². The number of fused-ring (bicyclic) bond motifs is 6. The Morgan fingerprint density at radius 2 is 1.61 bits per heavy atom. The Morgan fingerprint density at radius 3 is 2.39 bits per heavy atom. The van der Waals surface area contributed by atoms with Gasteiger partial charge in [0.25, 0.3) is 0 Å². The molecule has 5 aliphatic rings. The first-order valence-electron chi connectivity index (χ1n) is 20.8. The summed E-state index contributed by atoms with van der Waals surface area (Å²) in [6.07, 6.45) is 2.51. The number of rotatable bonds is 5. The Bertz CT molecular complexity index is 2910. The van der Waals surface area contributed by atoms with E-state index in [0.29, 0.717) is 47.4 Å². The highest BCUT2D eigenvalue weighted by Crippen LogP contribution is 2.65. The largest absolute Gasteiger partial charge is 0.508 e. The molecule has 4 aromatic carbocycles. The van der Waals surface area contributed by atoms with Gasteiger partial charge in [0.05, 0.1) is 46.9 Å². The van der Waals surface area contributed by atoms with Gasteiger partial charge in [0.1, 0.15) is 17.3 Å². The van der Waals surface area contributed by atoms with Crippen molar-refractivity contribution >= 4 is 84.6 Å². The van der Waals surface area contributed by atoms with E-state index in [1.54, 1.807) is 35.2 Å². The average Bonchev–Trinajstić information content (AvgIpc) is 3.94. The first-order chi connectivity index (χ1) is 29.4. The van der Waals surface area contributed by atoms with Gasteiger partial charge in [-0.25, -0.2) is 4.90 Å². The summed E-state index contributed by atoms with van der Waals surface area (Å²) in [5.41, 5.74) is 3.13. The number of carbonyl (C=O) groups excluding carboxylic acids is 4. The van der Waals surface area contributed by atoms with Crippen molar-refractivity contribution in [3.63, 3.8) is 0 Å². The minimum atomic E-state index is -1.36. The van der Waals surface area contributed by atoms with Gasteiger partial charge in [-0.2, -0.15) is 5.10 Å². The molecule has 6 atom stereocenters. The SMILES string of the molecule is Cc1c(-c2cc(N3C(=O)C4CC5C(=CCC6C(=O)N(c7ccc(N8CCOCC8)cc7)C(=O)C65)C(c5c(O)ccc6ccccc56)C4(C)C3=O)n(C)n2)sc2ccc(Cl)cc12. The van der Waals surface area contributed by atoms with Gasteiger partial charge < -0.3 is 14.7 Å². The maximum absolute atomic E-state index is 15.4. The van der Waals surface area contributed by atoms with Gasteiger partial charge in [-0.3, -0.25) is 28.8 Å². The molecule has 0 bridgehead atoms. The number of phenols is 1. The van der Waals surface area contributed by atoms with Crippen molar-refractivity contribution in [1.29, 1.82) is 0 Å². The van der Waals surface area contributed by atoms with Gasteiger partial charge >= 0.3 is 0 Å². The zero-order valence-electron chi connectivity index (χ0n) is 33.8. The van der Waals surface area contributed by atoms with Crippen LogP contribution < -0.4 is 14.7 Å². The molecule has 3 aliphatic heterocycles. The highest BCUT2D eigenvalue weighted by molar-refractivity contribution is 7.22. The molecule has 5 heterocycles. The van der Waals surface area contributed by atoms with Gasteiger partial charge in [-0.05, 0) is 103 Å². The summed E-state index contributed by atoms with van der Waals surface area (Å²) in [5, 5.41) is 20.0. The van der Waals surface area contributed by atoms with E-state index in [0.717, 1.165) is 55.6 Å². The number of hydrogen-bond acceptors (Lipinski definition) is 9. The fourth-order valence-electron chi connectivity index (χ4n) is 11.2. The Labute approximate surface area is 360 Å². The molecule has 3 saturated heterocycles. The van der Waals surface area contributed by atoms with Crippen molar-refractivity contribution in [2.75, 3.05) is 41.0 Å². The number of morpholine rings is 1. The van der Waals surface area contributed by atoms with E-state index in [2.05, 4.69) is 4.90 Å². The lowest BCUT2D eigenvalue weighted by molar-refractivity contribution is -0.131. The van der Waals surface area contributed by atoms with E-state index in [1.807, 2.05) is 92.7 Å². The third kappa shape index (κ3) is 5.47. The molecule has 4 amide bonds. The van der Waals surface area contributed by atoms with Crippen LogP contribution in [0.1, 0.15) is 36.8 Å². The fraction of sp³-hybridized carbons (Fsp3) is 0.312. The van der Waals surface area contributed by atoms with Crippen molar-refractivity contribution in [3.05, 3.63) is 113 Å². The van der Waals surface area contributed by atoms with Crippen molar-refractivity contribution in [2.45, 2.75) is 32.6 Å². The Kier molecular flexibility index (Phi) is 8.66. The van der Waals surface area contributed by atoms with Crippen LogP contribution in [0.15, 0.2) is 96.6 Å². The summed E-state index contributed by atoms with van der Waals surface area (Å²) in [4.78, 5) is 65.5. The normalized spacial score (nSPS) is 26.3. The summed E-state index contributed by atoms with van der Waals surface area (Å²) in [6.45, 7) is 6.65. The van der Waals surface area contributed by atoms with Crippen LogP contribution in [0.2, 0.25) is 5.02 Å². The van der Waals surface area contributed by atoms with Crippen LogP contribution in [0.3, 0.4) is 0 Å². The van der Waals surface area contributed by atoms with E-state index in [1.165, 1.54) is 9.80 Å². The Balaban J connectivity index is 1.01. The van der Waals surface area contributed by atoms with Gasteiger partial charge in [-0.1, -0.05) is 53.6 Å². The van der Waals surface area contributed by atoms with Crippen molar-refractivity contribution in [1.82, 2.24) is 9.78 Å². The summed E-state index contributed by atoms with van der Waals surface area (Å²) < 4.78 is 8.15. The minimum Gasteiger partial charge on any atom is -0.508 e. The van der Waals surface area contributed by atoms with Gasteiger partial charge in [-0.15, -0.1) is 11.3 Å². The summed E-state index contributed by atoms with van der Waals surface area (Å²) in [7, 11) is 1.73. The first kappa shape index (κ1) is 38.1. The number of nitrogens with zero attached hydrogens (tertiary/aromatic N) is 5. The molecule has 2 aliphatic carbocycles. The number of aryl methyl sites for hydroxylation is 2. The first-order valence-corrected chi connectivity index (χ1v) is 22.0. The van der Waals surface area contributed by atoms with Crippen LogP contribution in [-0.2, 0) is 31.0 Å². The zero-order chi connectivity index (χ0) is 42.1. The predicted octanol–water partition coefficient (Wildman–Crippen LogP) is 8.39. The topological polar surface area (TPSA) is 125 Å². The molecule has 2 aromatic heterocycles. The summed E-state index contributed by atoms with van der Waals surface area (Å²) >= 11 is 7.93. The van der Waals surface area contributed by atoms with E-state index >= 15 is 9.59 Å². The van der Waals surface area contributed by atoms with E-state index in [-0.39, 0.29) is 29.9 Å². The molecule has 11 rings (SSSR count). The number of thiophene rings is 1. The monoisotopic (exact) mass is 851 g/mol. The summed E-state index contributed by atoms with van der Waals surface area (Å²) in [6, 6.07) is 26.3. The molecule has 11 nitrogen and oxygen atoms in total. The quantitative estimate of drug-likeness (QED) is 0.136. The lowest BCUT2D eigenvalue weighted by Gasteiger charge is -2.49. The Hall–Kier alpha value is -5.82. The Morgan fingerprint density at radius 1 is 0.852 bits per heavy atom. The molecule has 1 N–H and O–H groups in total. The van der Waals surface area contributed by atoms with E-state index in [4.69, 9.17) is 21.4 Å². The maximum Gasteiger partial charge on any atom is 0.242 e. The van der Waals surface area contributed by atoms with Gasteiger partial charge in [0, 0.05) is 53.1 Å². The minimum absolute atomic E-state index is 0.00464. The lowest BCUT2D eigenvalue weighted by Crippen LogP contribution is -2.49. The van der Waals surface area contributed by atoms with Crippen LogP contribution in [0, 0.1) is 36.0 Å². The highest BCUT2D eigenvalue weighted by atomic mass is 35.5. The second kappa shape index (κ2) is 13.9. The average molecular weight is 852 g/mol. The van der Waals surface area contributed by atoms with Crippen LogP contribution in [-0.4, -0.2) is 64.8 Å². The third-order valence-corrected chi connectivity index (χ3v) is 15.7. The molecule has 308 valence electrons. The van der Waals surface area contributed by atoms with Gasteiger partial charge in [0.2, 0.25) is 23.6 Å². The molecule has 6 aromatic rings. The van der Waals surface area contributed by atoms with Crippen molar-refractivity contribution in [2.24, 2.45) is 36.1 Å². The maximum atomic E-state index is 15.4. The standard InChI is InChI=1S/C48H42ClN5O6S/c1-25-33-22-27(49)9-17-38(33)61-43(25)36-24-39(51(3)50-36)54-45(57)35-23-34-31(42(48(35,2)47(54)59)41-30-7-5-4-6-26(30)8-16-37(41)55)14-15-32-40(34)46(58)53(44(32)56)29-12-10-28(11-13-29)52-18-20-60-21-19-52/h4-14,16-17,22,24,32,34-35,40,42,55H,15,18-21,23H2,1-3H3. The fourth-order valence-corrected chi connectivity index (χ4v) is 12.6. The summed E-state index contributed by atoms with van der Waals surface area (Å²) in [5.74, 6) is -4.59. The molecule has 1 saturated carbocycles. The molecule has 0 spiro atoms. The predicted molar refractivity (Wildman–Crippen MR) is 236 cm³/mol. The number of imide groups is 2. The van der Waals surface area contributed by atoms with Crippen LogP contribution >= 0.6 is 22.9 Å². The van der Waals surface area contributed by atoms with Crippen LogP contribution in [0.25, 0.3) is 31.4 Å².